The minimum absolute atomic E-state index is 0.290. The van der Waals surface area contributed by atoms with E-state index in [1.807, 2.05) is 25.1 Å². The smallest absolute Gasteiger partial charge is 0.347 e. The first-order chi connectivity index (χ1) is 12.3. The van der Waals surface area contributed by atoms with Crippen LogP contribution in [0.3, 0.4) is 0 Å². The van der Waals surface area contributed by atoms with Gasteiger partial charge in [-0.25, -0.2) is 9.59 Å². The van der Waals surface area contributed by atoms with Crippen LogP contribution in [0.4, 0.5) is 0 Å². The van der Waals surface area contributed by atoms with Crippen LogP contribution in [-0.4, -0.2) is 18.5 Å². The summed E-state index contributed by atoms with van der Waals surface area (Å²) >= 11 is 0. The summed E-state index contributed by atoms with van der Waals surface area (Å²) in [6.45, 7) is 11.2. The van der Waals surface area contributed by atoms with Crippen LogP contribution in [0.15, 0.2) is 52.0 Å². The molecule has 0 unspecified atom stereocenters. The van der Waals surface area contributed by atoms with Crippen LogP contribution in [-0.2, 0) is 14.3 Å². The van der Waals surface area contributed by atoms with Crippen molar-refractivity contribution in [3.63, 3.8) is 0 Å². The molecule has 1 aliphatic heterocycles. The van der Waals surface area contributed by atoms with Gasteiger partial charge in [-0.2, -0.15) is 0 Å². The zero-order chi connectivity index (χ0) is 19.0. The van der Waals surface area contributed by atoms with Gasteiger partial charge in [0.25, 0.3) is 0 Å². The minimum Gasteiger partial charge on any atom is -0.490 e. The van der Waals surface area contributed by atoms with Crippen LogP contribution in [0.25, 0.3) is 16.5 Å². The quantitative estimate of drug-likeness (QED) is 0.351. The molecule has 0 spiro atoms. The zero-order valence-electron chi connectivity index (χ0n) is 15.3. The second kappa shape index (κ2) is 6.67. The Morgan fingerprint density at radius 1 is 1.15 bits per heavy atom. The standard InChI is InChI=1S/C21H20O5/c1-6-9-24-14-7-8-16-15(10-14)18(13(5)25-16)12(4)19-17(11(2)3)20(22)26-21(19)23/h6-8,10H,1,9H2,2-5H3/b19-12+. The van der Waals surface area contributed by atoms with E-state index in [9.17, 15) is 9.59 Å². The molecule has 0 aliphatic carbocycles. The Labute approximate surface area is 151 Å². The maximum Gasteiger partial charge on any atom is 0.347 e. The summed E-state index contributed by atoms with van der Waals surface area (Å²) in [5, 5.41) is 0.814. The van der Waals surface area contributed by atoms with Crippen LogP contribution < -0.4 is 4.74 Å². The lowest BCUT2D eigenvalue weighted by atomic mass is 9.93. The molecular weight excluding hydrogens is 332 g/mol. The summed E-state index contributed by atoms with van der Waals surface area (Å²) in [6, 6.07) is 5.50. The SMILES string of the molecule is C=CCOc1ccc2oc(C)c(/C(C)=C3/C(=O)OC(=O)C3=C(C)C)c2c1. The fourth-order valence-corrected chi connectivity index (χ4v) is 3.22. The average Bonchev–Trinajstić information content (AvgIpc) is 3.06. The highest BCUT2D eigenvalue weighted by Gasteiger charge is 2.37. The van der Waals surface area contributed by atoms with Gasteiger partial charge in [-0.05, 0) is 51.5 Å². The number of hydrogen-bond acceptors (Lipinski definition) is 5. The molecule has 0 bridgehead atoms. The van der Waals surface area contributed by atoms with E-state index in [1.165, 1.54) is 0 Å². The summed E-state index contributed by atoms with van der Waals surface area (Å²) in [7, 11) is 0. The normalized spacial score (nSPS) is 16.1. The van der Waals surface area contributed by atoms with Crippen molar-refractivity contribution in [2.45, 2.75) is 27.7 Å². The third kappa shape index (κ3) is 2.86. The summed E-state index contributed by atoms with van der Waals surface area (Å²) in [4.78, 5) is 24.3. The van der Waals surface area contributed by atoms with Gasteiger partial charge in [-0.15, -0.1) is 0 Å². The number of carbonyl (C=O) groups is 2. The predicted molar refractivity (Wildman–Crippen MR) is 98.7 cm³/mol. The van der Waals surface area contributed by atoms with Crippen LogP contribution in [0.2, 0.25) is 0 Å². The van der Waals surface area contributed by atoms with Crippen LogP contribution in [0.5, 0.6) is 5.75 Å². The van der Waals surface area contributed by atoms with Gasteiger partial charge in [-0.3, -0.25) is 0 Å². The van der Waals surface area contributed by atoms with E-state index >= 15 is 0 Å². The zero-order valence-corrected chi connectivity index (χ0v) is 15.3. The van der Waals surface area contributed by atoms with Gasteiger partial charge in [0.05, 0.1) is 11.1 Å². The van der Waals surface area contributed by atoms with Gasteiger partial charge in [0.2, 0.25) is 0 Å². The number of cyclic esters (lactones) is 2. The fourth-order valence-electron chi connectivity index (χ4n) is 3.22. The lowest BCUT2D eigenvalue weighted by Crippen LogP contribution is -2.00. The molecule has 0 N–H and O–H groups in total. The van der Waals surface area contributed by atoms with Gasteiger partial charge in [0, 0.05) is 10.9 Å². The van der Waals surface area contributed by atoms with Gasteiger partial charge in [0.15, 0.2) is 0 Å². The highest BCUT2D eigenvalue weighted by Crippen LogP contribution is 2.38. The maximum atomic E-state index is 12.3. The van der Waals surface area contributed by atoms with Crippen molar-refractivity contribution < 1.29 is 23.5 Å². The Balaban J connectivity index is 2.25. The molecule has 1 saturated heterocycles. The minimum atomic E-state index is -0.628. The molecule has 5 heteroatoms. The first kappa shape index (κ1) is 17.7. The summed E-state index contributed by atoms with van der Waals surface area (Å²) in [6.07, 6.45) is 1.67. The lowest BCUT2D eigenvalue weighted by molar-refractivity contribution is -0.149. The molecule has 1 aromatic carbocycles. The number of fused-ring (bicyclic) bond motifs is 1. The van der Waals surface area contributed by atoms with E-state index in [2.05, 4.69) is 6.58 Å². The second-order valence-electron chi connectivity index (χ2n) is 6.34. The summed E-state index contributed by atoms with van der Waals surface area (Å²) in [5.41, 5.74) is 3.44. The maximum absolute atomic E-state index is 12.3. The Hall–Kier alpha value is -3.08. The number of furan rings is 1. The van der Waals surface area contributed by atoms with Crippen molar-refractivity contribution in [2.75, 3.05) is 6.61 Å². The predicted octanol–water partition coefficient (Wildman–Crippen LogP) is 4.50. The van der Waals surface area contributed by atoms with Gasteiger partial charge in [-0.1, -0.05) is 18.2 Å². The molecule has 26 heavy (non-hydrogen) atoms. The summed E-state index contributed by atoms with van der Waals surface area (Å²) < 4.78 is 16.3. The van der Waals surface area contributed by atoms with E-state index in [4.69, 9.17) is 13.9 Å². The molecule has 0 radical (unpaired) electrons. The Kier molecular flexibility index (Phi) is 4.55. The van der Waals surface area contributed by atoms with Crippen molar-refractivity contribution in [3.8, 4) is 5.75 Å². The fraction of sp³-hybridized carbons (Fsp3) is 0.238. The van der Waals surface area contributed by atoms with Crippen LogP contribution in [0, 0.1) is 6.92 Å². The van der Waals surface area contributed by atoms with Crippen molar-refractivity contribution in [1.82, 2.24) is 0 Å². The van der Waals surface area contributed by atoms with Crippen molar-refractivity contribution in [1.29, 1.82) is 0 Å². The molecule has 2 aromatic rings. The molecule has 134 valence electrons. The van der Waals surface area contributed by atoms with Crippen LogP contribution in [0.1, 0.15) is 32.1 Å². The molecule has 0 saturated carbocycles. The first-order valence-electron chi connectivity index (χ1n) is 8.27. The van der Waals surface area contributed by atoms with E-state index < -0.39 is 11.9 Å². The number of hydrogen-bond donors (Lipinski definition) is 0. The Morgan fingerprint density at radius 3 is 2.50 bits per heavy atom. The van der Waals surface area contributed by atoms with Gasteiger partial charge >= 0.3 is 11.9 Å². The highest BCUT2D eigenvalue weighted by atomic mass is 16.6. The number of aryl methyl sites for hydroxylation is 1. The molecule has 0 amide bonds. The molecule has 3 rings (SSSR count). The Morgan fingerprint density at radius 2 is 1.85 bits per heavy atom. The van der Waals surface area contributed by atoms with Gasteiger partial charge < -0.3 is 13.9 Å². The highest BCUT2D eigenvalue weighted by molar-refractivity contribution is 6.22. The molecule has 2 heterocycles. The lowest BCUT2D eigenvalue weighted by Gasteiger charge is -2.07. The van der Waals surface area contributed by atoms with Crippen molar-refractivity contribution in [2.24, 2.45) is 0 Å². The number of ether oxygens (including phenoxy) is 2. The number of rotatable bonds is 4. The van der Waals surface area contributed by atoms with Crippen molar-refractivity contribution >= 4 is 28.5 Å². The Bertz CT molecular complexity index is 997. The molecular formula is C21H20O5. The molecule has 0 atom stereocenters. The monoisotopic (exact) mass is 352 g/mol. The summed E-state index contributed by atoms with van der Waals surface area (Å²) in [5.74, 6) is 0.0946. The third-order valence-electron chi connectivity index (χ3n) is 4.30. The van der Waals surface area contributed by atoms with Crippen LogP contribution >= 0.6 is 0 Å². The average molecular weight is 352 g/mol. The third-order valence-corrected chi connectivity index (χ3v) is 4.30. The molecule has 1 fully saturated rings. The number of benzene rings is 1. The number of allylic oxidation sites excluding steroid dienone is 2. The van der Waals surface area contributed by atoms with E-state index in [0.29, 0.717) is 40.4 Å². The second-order valence-corrected chi connectivity index (χ2v) is 6.34. The van der Waals surface area contributed by atoms with Gasteiger partial charge in [0.1, 0.15) is 23.7 Å². The van der Waals surface area contributed by atoms with E-state index in [-0.39, 0.29) is 0 Å². The molecule has 5 nitrogen and oxygen atoms in total. The topological polar surface area (TPSA) is 65.7 Å². The number of carbonyl (C=O) groups excluding carboxylic acids is 2. The van der Waals surface area contributed by atoms with E-state index in [0.717, 1.165) is 16.5 Å². The number of esters is 2. The molecule has 1 aromatic heterocycles. The molecule has 1 aliphatic rings. The van der Waals surface area contributed by atoms with Crippen molar-refractivity contribution in [3.05, 3.63) is 58.9 Å². The van der Waals surface area contributed by atoms with E-state index in [1.54, 1.807) is 26.8 Å². The first-order valence-corrected chi connectivity index (χ1v) is 8.27. The largest absolute Gasteiger partial charge is 0.490 e.